The Morgan fingerprint density at radius 3 is 2.94 bits per heavy atom. The summed E-state index contributed by atoms with van der Waals surface area (Å²) in [6, 6.07) is 3.78. The highest BCUT2D eigenvalue weighted by Gasteiger charge is 2.15. The minimum Gasteiger partial charge on any atom is -0.354 e. The lowest BCUT2D eigenvalue weighted by Crippen LogP contribution is -2.19. The SMILES string of the molecule is CNC(=O)c1ccc(C[C@@H]2CCNC2)cn1.Cl. The largest absolute Gasteiger partial charge is 0.354 e. The highest BCUT2D eigenvalue weighted by molar-refractivity contribution is 5.91. The third-order valence-electron chi connectivity index (χ3n) is 2.97. The number of hydrogen-bond acceptors (Lipinski definition) is 3. The van der Waals surface area contributed by atoms with Crippen LogP contribution in [-0.2, 0) is 6.42 Å². The summed E-state index contributed by atoms with van der Waals surface area (Å²) < 4.78 is 0. The standard InChI is InChI=1S/C12H17N3O.ClH/c1-13-12(16)11-3-2-9(8-15-11)6-10-4-5-14-7-10;/h2-3,8,10,14H,4-7H2,1H3,(H,13,16);1H/t10-;/m0./s1. The molecule has 0 radical (unpaired) electrons. The van der Waals surface area contributed by atoms with E-state index in [1.165, 1.54) is 12.0 Å². The Balaban J connectivity index is 0.00000144. The highest BCUT2D eigenvalue weighted by atomic mass is 35.5. The molecule has 0 aromatic carbocycles. The van der Waals surface area contributed by atoms with E-state index in [4.69, 9.17) is 0 Å². The second kappa shape index (κ2) is 6.57. The Hall–Kier alpha value is -1.13. The third kappa shape index (κ3) is 3.68. The monoisotopic (exact) mass is 255 g/mol. The first-order chi connectivity index (χ1) is 7.79. The van der Waals surface area contributed by atoms with Crippen molar-refractivity contribution >= 4 is 18.3 Å². The molecule has 0 bridgehead atoms. The van der Waals surface area contributed by atoms with Crippen molar-refractivity contribution in [3.63, 3.8) is 0 Å². The van der Waals surface area contributed by atoms with Gasteiger partial charge in [-0.25, -0.2) is 0 Å². The van der Waals surface area contributed by atoms with Crippen molar-refractivity contribution in [3.05, 3.63) is 29.6 Å². The number of aromatic nitrogens is 1. The van der Waals surface area contributed by atoms with Crippen LogP contribution >= 0.6 is 12.4 Å². The molecule has 0 saturated carbocycles. The first kappa shape index (κ1) is 13.9. The lowest BCUT2D eigenvalue weighted by atomic mass is 10.00. The van der Waals surface area contributed by atoms with Crippen LogP contribution in [0.1, 0.15) is 22.5 Å². The maximum Gasteiger partial charge on any atom is 0.269 e. The molecule has 17 heavy (non-hydrogen) atoms. The van der Waals surface area contributed by atoms with Gasteiger partial charge in [0.15, 0.2) is 0 Å². The maximum atomic E-state index is 11.3. The van der Waals surface area contributed by atoms with Crippen LogP contribution in [0.2, 0.25) is 0 Å². The van der Waals surface area contributed by atoms with Gasteiger partial charge in [-0.1, -0.05) is 6.07 Å². The molecule has 1 aromatic heterocycles. The summed E-state index contributed by atoms with van der Waals surface area (Å²) in [6.07, 6.45) is 4.09. The van der Waals surface area contributed by atoms with Gasteiger partial charge in [0.05, 0.1) is 0 Å². The Labute approximate surface area is 108 Å². The summed E-state index contributed by atoms with van der Waals surface area (Å²) in [4.78, 5) is 15.4. The van der Waals surface area contributed by atoms with Crippen molar-refractivity contribution in [1.82, 2.24) is 15.6 Å². The fourth-order valence-electron chi connectivity index (χ4n) is 2.03. The Morgan fingerprint density at radius 2 is 2.41 bits per heavy atom. The number of nitrogens with one attached hydrogen (secondary N) is 2. The van der Waals surface area contributed by atoms with Gasteiger partial charge in [-0.2, -0.15) is 0 Å². The second-order valence-electron chi connectivity index (χ2n) is 4.19. The van der Waals surface area contributed by atoms with Crippen LogP contribution < -0.4 is 10.6 Å². The molecule has 94 valence electrons. The first-order valence-corrected chi connectivity index (χ1v) is 5.67. The van der Waals surface area contributed by atoms with E-state index in [1.807, 2.05) is 12.3 Å². The average molecular weight is 256 g/mol. The summed E-state index contributed by atoms with van der Waals surface area (Å²) in [5.41, 5.74) is 1.69. The molecule has 1 saturated heterocycles. The van der Waals surface area contributed by atoms with Gasteiger partial charge in [0.1, 0.15) is 5.69 Å². The van der Waals surface area contributed by atoms with Crippen LogP contribution in [0.3, 0.4) is 0 Å². The molecule has 4 nitrogen and oxygen atoms in total. The van der Waals surface area contributed by atoms with Crippen molar-refractivity contribution in [2.24, 2.45) is 5.92 Å². The van der Waals surface area contributed by atoms with Crippen LogP contribution in [0.25, 0.3) is 0 Å². The Kier molecular flexibility index (Phi) is 5.38. The summed E-state index contributed by atoms with van der Waals surface area (Å²) in [5, 5.41) is 5.91. The van der Waals surface area contributed by atoms with Crippen molar-refractivity contribution in [2.75, 3.05) is 20.1 Å². The number of hydrogen-bond donors (Lipinski definition) is 2. The van der Waals surface area contributed by atoms with E-state index in [1.54, 1.807) is 13.1 Å². The van der Waals surface area contributed by atoms with Crippen molar-refractivity contribution in [3.8, 4) is 0 Å². The van der Waals surface area contributed by atoms with Crippen LogP contribution in [0.15, 0.2) is 18.3 Å². The van der Waals surface area contributed by atoms with E-state index < -0.39 is 0 Å². The van der Waals surface area contributed by atoms with E-state index in [9.17, 15) is 4.79 Å². The zero-order chi connectivity index (χ0) is 11.4. The fraction of sp³-hybridized carbons (Fsp3) is 0.500. The fourth-order valence-corrected chi connectivity index (χ4v) is 2.03. The molecule has 2 heterocycles. The molecule has 0 aliphatic carbocycles. The first-order valence-electron chi connectivity index (χ1n) is 5.67. The topological polar surface area (TPSA) is 54.0 Å². The molecule has 1 aliphatic rings. The van der Waals surface area contributed by atoms with Crippen LogP contribution in [0.4, 0.5) is 0 Å². The number of carbonyl (C=O) groups is 1. The van der Waals surface area contributed by atoms with Gasteiger partial charge in [-0.05, 0) is 43.5 Å². The van der Waals surface area contributed by atoms with E-state index in [0.29, 0.717) is 11.6 Å². The maximum absolute atomic E-state index is 11.3. The lowest BCUT2D eigenvalue weighted by molar-refractivity contribution is 0.0958. The number of nitrogens with zero attached hydrogens (tertiary/aromatic N) is 1. The van der Waals surface area contributed by atoms with Gasteiger partial charge in [0, 0.05) is 13.2 Å². The van der Waals surface area contributed by atoms with E-state index >= 15 is 0 Å². The van der Waals surface area contributed by atoms with Gasteiger partial charge >= 0.3 is 0 Å². The summed E-state index contributed by atoms with van der Waals surface area (Å²) in [7, 11) is 1.61. The molecule has 1 fully saturated rings. The predicted octanol–water partition coefficient (Wildman–Crippen LogP) is 1.01. The molecule has 0 unspecified atom stereocenters. The number of rotatable bonds is 3. The molecule has 5 heteroatoms. The van der Waals surface area contributed by atoms with Crippen molar-refractivity contribution in [1.29, 1.82) is 0 Å². The smallest absolute Gasteiger partial charge is 0.269 e. The minimum absolute atomic E-state index is 0. The second-order valence-corrected chi connectivity index (χ2v) is 4.19. The third-order valence-corrected chi connectivity index (χ3v) is 2.97. The van der Waals surface area contributed by atoms with Crippen molar-refractivity contribution < 1.29 is 4.79 Å². The molecule has 2 N–H and O–H groups in total. The van der Waals surface area contributed by atoms with Gasteiger partial charge in [-0.15, -0.1) is 12.4 Å². The molecule has 1 amide bonds. The average Bonchev–Trinajstić information content (AvgIpc) is 2.82. The summed E-state index contributed by atoms with van der Waals surface area (Å²) >= 11 is 0. The molecular formula is C12H18ClN3O. The zero-order valence-electron chi connectivity index (χ0n) is 9.90. The predicted molar refractivity (Wildman–Crippen MR) is 69.6 cm³/mol. The van der Waals surface area contributed by atoms with Crippen LogP contribution in [0, 0.1) is 5.92 Å². The quantitative estimate of drug-likeness (QED) is 0.848. The minimum atomic E-state index is -0.130. The van der Waals surface area contributed by atoms with Gasteiger partial charge in [-0.3, -0.25) is 9.78 Å². The van der Waals surface area contributed by atoms with Gasteiger partial charge in [0.2, 0.25) is 0 Å². The van der Waals surface area contributed by atoms with Crippen LogP contribution in [0.5, 0.6) is 0 Å². The Bertz CT molecular complexity index is 361. The van der Waals surface area contributed by atoms with Gasteiger partial charge < -0.3 is 10.6 Å². The molecule has 1 aromatic rings. The number of halogens is 1. The molecule has 0 spiro atoms. The number of pyridine rings is 1. The summed E-state index contributed by atoms with van der Waals surface area (Å²) in [5.74, 6) is 0.585. The number of carbonyl (C=O) groups excluding carboxylic acids is 1. The van der Waals surface area contributed by atoms with E-state index in [-0.39, 0.29) is 18.3 Å². The van der Waals surface area contributed by atoms with E-state index in [0.717, 1.165) is 19.5 Å². The molecule has 1 atom stereocenters. The highest BCUT2D eigenvalue weighted by Crippen LogP contribution is 2.14. The molecule has 2 rings (SSSR count). The number of amides is 1. The van der Waals surface area contributed by atoms with Gasteiger partial charge in [0.25, 0.3) is 5.91 Å². The summed E-state index contributed by atoms with van der Waals surface area (Å²) in [6.45, 7) is 2.21. The normalized spacial score (nSPS) is 18.5. The lowest BCUT2D eigenvalue weighted by Gasteiger charge is -2.07. The Morgan fingerprint density at radius 1 is 1.59 bits per heavy atom. The molecular weight excluding hydrogens is 238 g/mol. The molecule has 1 aliphatic heterocycles. The van der Waals surface area contributed by atoms with Crippen LogP contribution in [-0.4, -0.2) is 31.0 Å². The van der Waals surface area contributed by atoms with E-state index in [2.05, 4.69) is 15.6 Å². The van der Waals surface area contributed by atoms with Crippen molar-refractivity contribution in [2.45, 2.75) is 12.8 Å². The zero-order valence-corrected chi connectivity index (χ0v) is 10.7.